The second-order valence-corrected chi connectivity index (χ2v) is 5.92. The molecule has 24 heavy (non-hydrogen) atoms. The van der Waals surface area contributed by atoms with Crippen molar-refractivity contribution in [3.8, 4) is 17.2 Å². The molecule has 3 rings (SSSR count). The number of methoxy groups -OCH3 is 1. The molecule has 0 aliphatic heterocycles. The minimum Gasteiger partial charge on any atom is -0.491 e. The molecule has 0 aliphatic rings. The molecular weight excluding hydrogens is 324 g/mol. The van der Waals surface area contributed by atoms with Crippen molar-refractivity contribution in [3.63, 3.8) is 0 Å². The lowest BCUT2D eigenvalue weighted by Gasteiger charge is -2.12. The highest BCUT2D eigenvalue weighted by atomic mass is 32.2. The monoisotopic (exact) mass is 342 g/mol. The van der Waals surface area contributed by atoms with E-state index in [1.165, 1.54) is 0 Å². The summed E-state index contributed by atoms with van der Waals surface area (Å²) in [6.07, 6.45) is 7.02. The zero-order valence-electron chi connectivity index (χ0n) is 14.0. The molecule has 0 saturated heterocycles. The van der Waals surface area contributed by atoms with Gasteiger partial charge in [0.25, 0.3) is 0 Å². The van der Waals surface area contributed by atoms with Crippen LogP contribution in [0.4, 0.5) is 0 Å². The topological polar surface area (TPSA) is 62.1 Å². The van der Waals surface area contributed by atoms with Gasteiger partial charge in [0, 0.05) is 12.6 Å². The van der Waals surface area contributed by atoms with E-state index in [-0.39, 0.29) is 0 Å². The van der Waals surface area contributed by atoms with E-state index in [4.69, 9.17) is 9.47 Å². The highest BCUT2D eigenvalue weighted by molar-refractivity contribution is 7.98. The van der Waals surface area contributed by atoms with Crippen LogP contribution < -0.4 is 9.47 Å². The minimum atomic E-state index is 0.515. The van der Waals surface area contributed by atoms with Gasteiger partial charge in [0.15, 0.2) is 17.1 Å². The van der Waals surface area contributed by atoms with Gasteiger partial charge in [0.2, 0.25) is 0 Å². The molecule has 6 nitrogen and oxygen atoms in total. The molecule has 0 fully saturated rings. The second-order valence-electron chi connectivity index (χ2n) is 5.12. The van der Waals surface area contributed by atoms with Crippen LogP contribution in [-0.4, -0.2) is 32.9 Å². The van der Waals surface area contributed by atoms with E-state index < -0.39 is 0 Å². The SMILES string of the molecule is C=Cc1cc(Oc2cnc3nc(C)n(C)c3c2OC)cnc1SC. The highest BCUT2D eigenvalue weighted by Gasteiger charge is 2.17. The Balaban J connectivity index is 2.07. The van der Waals surface area contributed by atoms with Gasteiger partial charge in [-0.2, -0.15) is 0 Å². The molecule has 0 spiro atoms. The normalized spacial score (nSPS) is 10.8. The maximum Gasteiger partial charge on any atom is 0.190 e. The molecule has 0 amide bonds. The van der Waals surface area contributed by atoms with E-state index in [9.17, 15) is 0 Å². The van der Waals surface area contributed by atoms with Crippen molar-refractivity contribution >= 4 is 29.0 Å². The molecule has 3 aromatic rings. The first kappa shape index (κ1) is 16.3. The summed E-state index contributed by atoms with van der Waals surface area (Å²) in [7, 11) is 3.53. The van der Waals surface area contributed by atoms with Crippen molar-refractivity contribution in [1.29, 1.82) is 0 Å². The van der Waals surface area contributed by atoms with E-state index in [2.05, 4.69) is 21.5 Å². The second kappa shape index (κ2) is 6.52. The fraction of sp³-hybridized carbons (Fsp3) is 0.235. The fourth-order valence-corrected chi connectivity index (χ4v) is 2.99. The van der Waals surface area contributed by atoms with Crippen molar-refractivity contribution < 1.29 is 9.47 Å². The summed E-state index contributed by atoms with van der Waals surface area (Å²) < 4.78 is 13.5. The standard InChI is InChI=1S/C17H18N4O2S/c1-6-11-7-12(8-19-17(11)24-5)23-13-9-18-16-14(15(13)22-4)21(3)10(2)20-16/h6-9H,1H2,2-5H3. The zero-order chi connectivity index (χ0) is 17.3. The third-order valence-electron chi connectivity index (χ3n) is 3.74. The van der Waals surface area contributed by atoms with Crippen molar-refractivity contribution in [2.45, 2.75) is 11.9 Å². The van der Waals surface area contributed by atoms with Crippen LogP contribution in [0.25, 0.3) is 17.2 Å². The Hall–Kier alpha value is -2.54. The van der Waals surface area contributed by atoms with E-state index in [0.29, 0.717) is 22.9 Å². The zero-order valence-corrected chi connectivity index (χ0v) is 14.8. The van der Waals surface area contributed by atoms with Crippen molar-refractivity contribution in [1.82, 2.24) is 19.5 Å². The highest BCUT2D eigenvalue weighted by Crippen LogP contribution is 2.37. The predicted molar refractivity (Wildman–Crippen MR) is 96.0 cm³/mol. The third kappa shape index (κ3) is 2.71. The summed E-state index contributed by atoms with van der Waals surface area (Å²) in [4.78, 5) is 13.2. The Morgan fingerprint density at radius 2 is 2.08 bits per heavy atom. The van der Waals surface area contributed by atoms with Crippen LogP contribution in [0.2, 0.25) is 0 Å². The van der Waals surface area contributed by atoms with Gasteiger partial charge in [0.1, 0.15) is 22.1 Å². The van der Waals surface area contributed by atoms with Gasteiger partial charge < -0.3 is 14.0 Å². The average molecular weight is 342 g/mol. The molecule has 3 aromatic heterocycles. The minimum absolute atomic E-state index is 0.515. The third-order valence-corrected chi connectivity index (χ3v) is 4.47. The van der Waals surface area contributed by atoms with E-state index >= 15 is 0 Å². The summed E-state index contributed by atoms with van der Waals surface area (Å²) in [6, 6.07) is 1.89. The molecular formula is C17H18N4O2S. The Labute approximate surface area is 144 Å². The van der Waals surface area contributed by atoms with Crippen molar-refractivity contribution in [3.05, 3.63) is 36.4 Å². The number of imidazole rings is 1. The lowest BCUT2D eigenvalue weighted by atomic mass is 10.3. The Bertz CT molecular complexity index is 921. The number of hydrogen-bond acceptors (Lipinski definition) is 6. The summed E-state index contributed by atoms with van der Waals surface area (Å²) in [5.74, 6) is 2.56. The molecule has 0 aromatic carbocycles. The maximum absolute atomic E-state index is 5.97. The summed E-state index contributed by atoms with van der Waals surface area (Å²) in [5, 5.41) is 0.903. The van der Waals surface area contributed by atoms with Crippen LogP contribution in [0.5, 0.6) is 17.2 Å². The Morgan fingerprint density at radius 1 is 1.29 bits per heavy atom. The van der Waals surface area contributed by atoms with Crippen molar-refractivity contribution in [2.75, 3.05) is 13.4 Å². The number of aryl methyl sites for hydroxylation is 2. The van der Waals surface area contributed by atoms with Gasteiger partial charge in [-0.15, -0.1) is 11.8 Å². The molecule has 0 radical (unpaired) electrons. The Morgan fingerprint density at radius 3 is 2.75 bits per heavy atom. The molecule has 0 saturated carbocycles. The first-order valence-electron chi connectivity index (χ1n) is 7.29. The van der Waals surface area contributed by atoms with Crippen LogP contribution in [0, 0.1) is 6.92 Å². The van der Waals surface area contributed by atoms with Crippen LogP contribution in [0.1, 0.15) is 11.4 Å². The Kier molecular flexibility index (Phi) is 4.44. The predicted octanol–water partition coefficient (Wildman–Crippen LogP) is 3.84. The fourth-order valence-electron chi connectivity index (χ4n) is 2.45. The number of thioether (sulfide) groups is 1. The molecule has 3 heterocycles. The van der Waals surface area contributed by atoms with Gasteiger partial charge in [0.05, 0.1) is 19.5 Å². The van der Waals surface area contributed by atoms with Gasteiger partial charge in [-0.1, -0.05) is 12.7 Å². The number of hydrogen-bond donors (Lipinski definition) is 0. The van der Waals surface area contributed by atoms with Crippen LogP contribution in [-0.2, 0) is 7.05 Å². The molecule has 0 atom stereocenters. The molecule has 0 aliphatic carbocycles. The maximum atomic E-state index is 5.97. The number of pyridine rings is 2. The number of nitrogens with zero attached hydrogens (tertiary/aromatic N) is 4. The number of fused-ring (bicyclic) bond motifs is 1. The summed E-state index contributed by atoms with van der Waals surface area (Å²) >= 11 is 1.56. The lowest BCUT2D eigenvalue weighted by Crippen LogP contribution is -1.97. The molecule has 0 bridgehead atoms. The number of ether oxygens (including phenoxy) is 2. The van der Waals surface area contributed by atoms with Crippen LogP contribution in [0.15, 0.2) is 30.1 Å². The summed E-state index contributed by atoms with van der Waals surface area (Å²) in [6.45, 7) is 5.74. The molecule has 124 valence electrons. The van der Waals surface area contributed by atoms with Crippen molar-refractivity contribution in [2.24, 2.45) is 7.05 Å². The molecule has 7 heteroatoms. The van der Waals surface area contributed by atoms with E-state index in [1.807, 2.05) is 30.9 Å². The first-order chi connectivity index (χ1) is 11.6. The lowest BCUT2D eigenvalue weighted by molar-refractivity contribution is 0.380. The average Bonchev–Trinajstić information content (AvgIpc) is 2.89. The quantitative estimate of drug-likeness (QED) is 0.657. The van der Waals surface area contributed by atoms with E-state index in [0.717, 1.165) is 21.9 Å². The van der Waals surface area contributed by atoms with Crippen LogP contribution in [0.3, 0.4) is 0 Å². The molecule has 0 N–H and O–H groups in total. The largest absolute Gasteiger partial charge is 0.491 e. The van der Waals surface area contributed by atoms with Gasteiger partial charge >= 0.3 is 0 Å². The van der Waals surface area contributed by atoms with E-state index in [1.54, 1.807) is 37.3 Å². The summed E-state index contributed by atoms with van der Waals surface area (Å²) in [5.41, 5.74) is 2.34. The van der Waals surface area contributed by atoms with Crippen LogP contribution >= 0.6 is 11.8 Å². The number of aromatic nitrogens is 4. The molecule has 0 unspecified atom stereocenters. The number of rotatable bonds is 5. The first-order valence-corrected chi connectivity index (χ1v) is 8.51. The smallest absolute Gasteiger partial charge is 0.190 e. The van der Waals surface area contributed by atoms with Gasteiger partial charge in [-0.25, -0.2) is 15.0 Å². The van der Waals surface area contributed by atoms with Gasteiger partial charge in [-0.3, -0.25) is 0 Å². The van der Waals surface area contributed by atoms with Gasteiger partial charge in [-0.05, 0) is 19.2 Å².